The van der Waals surface area contributed by atoms with Crippen LogP contribution < -0.4 is 0 Å². The highest BCUT2D eigenvalue weighted by atomic mass is 32.2. The minimum Gasteiger partial charge on any atom is -0.380 e. The van der Waals surface area contributed by atoms with Crippen molar-refractivity contribution in [3.05, 3.63) is 59.3 Å². The van der Waals surface area contributed by atoms with Crippen LogP contribution in [0.1, 0.15) is 34.3 Å². The standard InChI is InChI=1S/C21H21F3N2O5S/c22-21(23,24)16-5-6-18(25-11-16)32(29,30)17-7-9-26(10-8-17)19(27)14-1-3-15(4-2-14)20(28)12-31-13-20/h1-6,11,17,28H,7-10,12-13H2. The van der Waals surface area contributed by atoms with Gasteiger partial charge in [0.1, 0.15) is 5.60 Å². The van der Waals surface area contributed by atoms with E-state index in [9.17, 15) is 31.5 Å². The van der Waals surface area contributed by atoms with E-state index < -0.39 is 37.5 Å². The third kappa shape index (κ3) is 4.24. The Bertz CT molecular complexity index is 1090. The lowest BCUT2D eigenvalue weighted by molar-refractivity contribution is -0.184. The Labute approximate surface area is 182 Å². The van der Waals surface area contributed by atoms with E-state index >= 15 is 0 Å². The first kappa shape index (κ1) is 22.7. The normalized spacial score (nSPS) is 19.4. The summed E-state index contributed by atoms with van der Waals surface area (Å²) in [5, 5.41) is 9.05. The Balaban J connectivity index is 1.39. The average Bonchev–Trinajstić information content (AvgIpc) is 2.76. The molecule has 1 amide bonds. The van der Waals surface area contributed by atoms with Gasteiger partial charge in [-0.25, -0.2) is 13.4 Å². The number of ether oxygens (including phenoxy) is 1. The number of amides is 1. The number of carbonyl (C=O) groups excluding carboxylic acids is 1. The second-order valence-electron chi connectivity index (χ2n) is 8.02. The summed E-state index contributed by atoms with van der Waals surface area (Å²) in [7, 11) is -3.91. The third-order valence-electron chi connectivity index (χ3n) is 5.87. The largest absolute Gasteiger partial charge is 0.417 e. The van der Waals surface area contributed by atoms with Crippen molar-refractivity contribution in [2.24, 2.45) is 0 Å². The zero-order chi connectivity index (χ0) is 23.1. The van der Waals surface area contributed by atoms with Crippen molar-refractivity contribution < 1.29 is 36.2 Å². The Morgan fingerprint density at radius 2 is 1.72 bits per heavy atom. The molecule has 2 fully saturated rings. The molecule has 2 aromatic rings. The molecule has 172 valence electrons. The number of likely N-dealkylation sites (tertiary alicyclic amines) is 1. The number of halogens is 3. The molecule has 3 heterocycles. The van der Waals surface area contributed by atoms with E-state index in [2.05, 4.69) is 4.98 Å². The number of alkyl halides is 3. The Morgan fingerprint density at radius 3 is 2.19 bits per heavy atom. The molecule has 2 aliphatic rings. The van der Waals surface area contributed by atoms with Crippen LogP contribution in [0.2, 0.25) is 0 Å². The highest BCUT2D eigenvalue weighted by molar-refractivity contribution is 7.92. The number of sulfone groups is 1. The van der Waals surface area contributed by atoms with Crippen LogP contribution in [0.15, 0.2) is 47.6 Å². The number of aromatic nitrogens is 1. The van der Waals surface area contributed by atoms with Crippen LogP contribution in [0.3, 0.4) is 0 Å². The minimum atomic E-state index is -4.59. The van der Waals surface area contributed by atoms with Crippen molar-refractivity contribution in [2.45, 2.75) is 34.9 Å². The van der Waals surface area contributed by atoms with Crippen LogP contribution >= 0.6 is 0 Å². The number of aliphatic hydroxyl groups is 1. The van der Waals surface area contributed by atoms with Crippen LogP contribution in [0.5, 0.6) is 0 Å². The lowest BCUT2D eigenvalue weighted by Crippen LogP contribution is -2.46. The van der Waals surface area contributed by atoms with Crippen molar-refractivity contribution in [3.8, 4) is 0 Å². The van der Waals surface area contributed by atoms with Gasteiger partial charge in [-0.2, -0.15) is 13.2 Å². The number of rotatable bonds is 4. The van der Waals surface area contributed by atoms with E-state index in [-0.39, 0.29) is 45.1 Å². The van der Waals surface area contributed by atoms with E-state index in [1.54, 1.807) is 29.2 Å². The number of piperidine rings is 1. The number of hydrogen-bond acceptors (Lipinski definition) is 6. The summed E-state index contributed by atoms with van der Waals surface area (Å²) in [6.45, 7) is 0.803. The van der Waals surface area contributed by atoms with E-state index in [1.165, 1.54) is 0 Å². The van der Waals surface area contributed by atoms with E-state index in [0.29, 0.717) is 23.4 Å². The first-order chi connectivity index (χ1) is 15.0. The van der Waals surface area contributed by atoms with Gasteiger partial charge in [-0.15, -0.1) is 0 Å². The summed E-state index contributed by atoms with van der Waals surface area (Å²) in [6, 6.07) is 8.14. The monoisotopic (exact) mass is 470 g/mol. The van der Waals surface area contributed by atoms with Gasteiger partial charge >= 0.3 is 6.18 Å². The first-order valence-corrected chi connectivity index (χ1v) is 11.5. The summed E-state index contributed by atoms with van der Waals surface area (Å²) in [4.78, 5) is 17.8. The van der Waals surface area contributed by atoms with Crippen LogP contribution in [0.4, 0.5) is 13.2 Å². The van der Waals surface area contributed by atoms with Gasteiger partial charge in [0.05, 0.1) is 24.0 Å². The number of pyridine rings is 1. The quantitative estimate of drug-likeness (QED) is 0.737. The van der Waals surface area contributed by atoms with Crippen LogP contribution in [-0.2, 0) is 26.4 Å². The van der Waals surface area contributed by atoms with Crippen molar-refractivity contribution in [3.63, 3.8) is 0 Å². The van der Waals surface area contributed by atoms with Gasteiger partial charge in [0.25, 0.3) is 5.91 Å². The molecule has 0 bridgehead atoms. The molecule has 0 atom stereocenters. The molecule has 4 rings (SSSR count). The van der Waals surface area contributed by atoms with Crippen molar-refractivity contribution >= 4 is 15.7 Å². The topological polar surface area (TPSA) is 96.8 Å². The predicted octanol–water partition coefficient (Wildman–Crippen LogP) is 2.40. The first-order valence-electron chi connectivity index (χ1n) is 9.98. The van der Waals surface area contributed by atoms with Crippen molar-refractivity contribution in [1.82, 2.24) is 9.88 Å². The molecule has 32 heavy (non-hydrogen) atoms. The molecule has 1 N–H and O–H groups in total. The SMILES string of the molecule is O=C(c1ccc(C2(O)COC2)cc1)N1CCC(S(=O)(=O)c2ccc(C(F)(F)F)cn2)CC1. The molecular formula is C21H21F3N2O5S. The molecule has 0 spiro atoms. The Kier molecular flexibility index (Phi) is 5.76. The number of carbonyl (C=O) groups is 1. The average molecular weight is 470 g/mol. The molecule has 7 nitrogen and oxygen atoms in total. The van der Waals surface area contributed by atoms with Gasteiger partial charge in [0.2, 0.25) is 0 Å². The molecule has 2 saturated heterocycles. The smallest absolute Gasteiger partial charge is 0.380 e. The maximum Gasteiger partial charge on any atom is 0.417 e. The zero-order valence-electron chi connectivity index (χ0n) is 16.9. The van der Waals surface area contributed by atoms with Gasteiger partial charge in [0.15, 0.2) is 14.9 Å². The molecule has 1 aromatic carbocycles. The number of hydrogen-bond donors (Lipinski definition) is 1. The third-order valence-corrected chi connectivity index (χ3v) is 8.05. The van der Waals surface area contributed by atoms with Crippen LogP contribution in [-0.4, -0.2) is 60.9 Å². The molecule has 0 unspecified atom stereocenters. The Hall–Kier alpha value is -2.50. The number of benzene rings is 1. The van der Waals surface area contributed by atoms with Gasteiger partial charge in [-0.3, -0.25) is 4.79 Å². The fraction of sp³-hybridized carbons (Fsp3) is 0.429. The fourth-order valence-electron chi connectivity index (χ4n) is 3.82. The molecular weight excluding hydrogens is 449 g/mol. The summed E-state index contributed by atoms with van der Waals surface area (Å²) in [5.41, 5.74) is -0.960. The summed E-state index contributed by atoms with van der Waals surface area (Å²) < 4.78 is 68.6. The highest BCUT2D eigenvalue weighted by Gasteiger charge is 2.38. The maximum absolute atomic E-state index is 12.8. The van der Waals surface area contributed by atoms with Gasteiger partial charge in [-0.1, -0.05) is 12.1 Å². The second kappa shape index (κ2) is 8.13. The maximum atomic E-state index is 12.8. The second-order valence-corrected chi connectivity index (χ2v) is 10.2. The van der Waals surface area contributed by atoms with Crippen LogP contribution in [0, 0.1) is 0 Å². The summed E-state index contributed by atoms with van der Waals surface area (Å²) in [5.74, 6) is -0.253. The molecule has 11 heteroatoms. The molecule has 2 aliphatic heterocycles. The van der Waals surface area contributed by atoms with E-state index in [0.717, 1.165) is 6.07 Å². The minimum absolute atomic E-state index is 0.159. The fourth-order valence-corrected chi connectivity index (χ4v) is 5.45. The summed E-state index contributed by atoms with van der Waals surface area (Å²) in [6.07, 6.45) is -3.76. The summed E-state index contributed by atoms with van der Waals surface area (Å²) >= 11 is 0. The van der Waals surface area contributed by atoms with Gasteiger partial charge in [0, 0.05) is 24.8 Å². The van der Waals surface area contributed by atoms with Gasteiger partial charge < -0.3 is 14.7 Å². The molecule has 0 aliphatic carbocycles. The highest BCUT2D eigenvalue weighted by Crippen LogP contribution is 2.31. The number of nitrogens with zero attached hydrogens (tertiary/aromatic N) is 2. The lowest BCUT2D eigenvalue weighted by atomic mass is 9.91. The Morgan fingerprint density at radius 1 is 1.09 bits per heavy atom. The van der Waals surface area contributed by atoms with Gasteiger partial charge in [-0.05, 0) is 42.7 Å². The predicted molar refractivity (Wildman–Crippen MR) is 107 cm³/mol. The van der Waals surface area contributed by atoms with Crippen molar-refractivity contribution in [2.75, 3.05) is 26.3 Å². The molecule has 0 radical (unpaired) electrons. The van der Waals surface area contributed by atoms with E-state index in [1.807, 2.05) is 0 Å². The molecule has 1 aromatic heterocycles. The van der Waals surface area contributed by atoms with E-state index in [4.69, 9.17) is 4.74 Å². The zero-order valence-corrected chi connectivity index (χ0v) is 17.7. The van der Waals surface area contributed by atoms with Crippen molar-refractivity contribution in [1.29, 1.82) is 0 Å². The van der Waals surface area contributed by atoms with Crippen LogP contribution in [0.25, 0.3) is 0 Å². The molecule has 0 saturated carbocycles. The lowest BCUT2D eigenvalue weighted by Gasteiger charge is -2.36.